The largest absolute Gasteiger partial charge is 0.366 e. The van der Waals surface area contributed by atoms with Gasteiger partial charge in [0.15, 0.2) is 0 Å². The molecule has 2 aromatic rings. The molecular weight excluding hydrogens is 316 g/mol. The molecule has 1 heterocycles. The van der Waals surface area contributed by atoms with Gasteiger partial charge in [-0.15, -0.1) is 0 Å². The van der Waals surface area contributed by atoms with Gasteiger partial charge in [0.2, 0.25) is 11.8 Å². The maximum atomic E-state index is 12.3. The fraction of sp³-hybridized carbons (Fsp3) is 0.421. The highest BCUT2D eigenvalue weighted by Gasteiger charge is 2.15. The van der Waals surface area contributed by atoms with E-state index in [9.17, 15) is 9.59 Å². The van der Waals surface area contributed by atoms with Crippen LogP contribution in [0.4, 0.5) is 0 Å². The predicted molar refractivity (Wildman–Crippen MR) is 97.0 cm³/mol. The summed E-state index contributed by atoms with van der Waals surface area (Å²) in [7, 11) is 0. The minimum Gasteiger partial charge on any atom is -0.366 e. The number of hydrogen-bond donors (Lipinski definition) is 2. The van der Waals surface area contributed by atoms with Gasteiger partial charge in [0.1, 0.15) is 0 Å². The monoisotopic (exact) mass is 342 g/mol. The summed E-state index contributed by atoms with van der Waals surface area (Å²) in [6, 6.07) is 6.96. The lowest BCUT2D eigenvalue weighted by molar-refractivity contribution is -0.120. The van der Waals surface area contributed by atoms with Crippen LogP contribution in [0.2, 0.25) is 0 Å². The number of nitrogens with zero attached hydrogens (tertiary/aromatic N) is 2. The molecule has 6 nitrogen and oxygen atoms in total. The van der Waals surface area contributed by atoms with Gasteiger partial charge < -0.3 is 11.1 Å². The first-order valence-corrected chi connectivity index (χ1v) is 8.46. The van der Waals surface area contributed by atoms with Crippen molar-refractivity contribution in [2.75, 3.05) is 0 Å². The highest BCUT2D eigenvalue weighted by molar-refractivity contribution is 5.92. The SMILES string of the molecule is Cc1nn(CC(C)C)c(C)c1CC(=O)NCc1cccc(C(N)=O)c1. The average molecular weight is 342 g/mol. The quantitative estimate of drug-likeness (QED) is 0.807. The van der Waals surface area contributed by atoms with Crippen molar-refractivity contribution < 1.29 is 9.59 Å². The predicted octanol–water partition coefficient (Wildman–Crippen LogP) is 2.11. The third-order valence-corrected chi connectivity index (χ3v) is 4.11. The van der Waals surface area contributed by atoms with Crippen LogP contribution in [0, 0.1) is 19.8 Å². The van der Waals surface area contributed by atoms with Crippen molar-refractivity contribution in [3.8, 4) is 0 Å². The number of aryl methyl sites for hydroxylation is 1. The second kappa shape index (κ2) is 7.96. The highest BCUT2D eigenvalue weighted by atomic mass is 16.1. The van der Waals surface area contributed by atoms with Crippen LogP contribution in [0.3, 0.4) is 0 Å². The number of primary amides is 1. The van der Waals surface area contributed by atoms with Crippen LogP contribution in [0.5, 0.6) is 0 Å². The van der Waals surface area contributed by atoms with E-state index in [0.717, 1.165) is 29.1 Å². The number of rotatable bonds is 7. The average Bonchev–Trinajstić information content (AvgIpc) is 2.80. The Morgan fingerprint density at radius 2 is 2.00 bits per heavy atom. The van der Waals surface area contributed by atoms with Gasteiger partial charge in [-0.05, 0) is 37.5 Å². The Balaban J connectivity index is 2.00. The summed E-state index contributed by atoms with van der Waals surface area (Å²) in [6.45, 7) is 9.42. The van der Waals surface area contributed by atoms with Crippen molar-refractivity contribution >= 4 is 11.8 Å². The molecule has 0 radical (unpaired) electrons. The molecule has 3 N–H and O–H groups in total. The summed E-state index contributed by atoms with van der Waals surface area (Å²) in [5.41, 5.74) is 9.46. The van der Waals surface area contributed by atoms with E-state index >= 15 is 0 Å². The maximum Gasteiger partial charge on any atom is 0.248 e. The summed E-state index contributed by atoms with van der Waals surface area (Å²) in [6.07, 6.45) is 0.297. The van der Waals surface area contributed by atoms with E-state index < -0.39 is 5.91 Å². The summed E-state index contributed by atoms with van der Waals surface area (Å²) >= 11 is 0. The van der Waals surface area contributed by atoms with Gasteiger partial charge in [-0.25, -0.2) is 0 Å². The van der Waals surface area contributed by atoms with Crippen LogP contribution < -0.4 is 11.1 Å². The second-order valence-corrected chi connectivity index (χ2v) is 6.74. The number of nitrogens with two attached hydrogens (primary N) is 1. The van der Waals surface area contributed by atoms with Gasteiger partial charge in [-0.3, -0.25) is 14.3 Å². The molecule has 1 aromatic carbocycles. The van der Waals surface area contributed by atoms with Crippen LogP contribution in [0.15, 0.2) is 24.3 Å². The number of benzene rings is 1. The molecule has 0 fully saturated rings. The van der Waals surface area contributed by atoms with Crippen molar-refractivity contribution in [1.29, 1.82) is 0 Å². The standard InChI is InChI=1S/C19H26N4O2/c1-12(2)11-23-14(4)17(13(3)22-23)9-18(24)21-10-15-6-5-7-16(8-15)19(20)25/h5-8,12H,9-11H2,1-4H3,(H2,20,25)(H,21,24). The number of nitrogens with one attached hydrogen (secondary N) is 1. The topological polar surface area (TPSA) is 90.0 Å². The molecule has 0 atom stereocenters. The van der Waals surface area contributed by atoms with E-state index in [4.69, 9.17) is 5.73 Å². The molecule has 25 heavy (non-hydrogen) atoms. The molecule has 0 unspecified atom stereocenters. The van der Waals surface area contributed by atoms with Gasteiger partial charge in [-0.2, -0.15) is 5.10 Å². The van der Waals surface area contributed by atoms with Gasteiger partial charge in [-0.1, -0.05) is 26.0 Å². The van der Waals surface area contributed by atoms with Crippen molar-refractivity contribution in [3.05, 3.63) is 52.3 Å². The van der Waals surface area contributed by atoms with Gasteiger partial charge >= 0.3 is 0 Å². The molecule has 0 bridgehead atoms. The van der Waals surface area contributed by atoms with E-state index in [1.807, 2.05) is 24.6 Å². The van der Waals surface area contributed by atoms with Gasteiger partial charge in [0.05, 0.1) is 12.1 Å². The van der Waals surface area contributed by atoms with E-state index in [1.165, 1.54) is 0 Å². The Morgan fingerprint density at radius 1 is 1.28 bits per heavy atom. The lowest BCUT2D eigenvalue weighted by Crippen LogP contribution is -2.25. The third-order valence-electron chi connectivity index (χ3n) is 4.11. The highest BCUT2D eigenvalue weighted by Crippen LogP contribution is 2.15. The smallest absolute Gasteiger partial charge is 0.248 e. The molecule has 1 aromatic heterocycles. The molecule has 2 amide bonds. The third kappa shape index (κ3) is 4.92. The van der Waals surface area contributed by atoms with Crippen molar-refractivity contribution in [3.63, 3.8) is 0 Å². The molecule has 0 saturated heterocycles. The molecule has 0 aliphatic carbocycles. The van der Waals surface area contributed by atoms with E-state index in [-0.39, 0.29) is 5.91 Å². The first-order chi connectivity index (χ1) is 11.8. The molecular formula is C19H26N4O2. The zero-order valence-corrected chi connectivity index (χ0v) is 15.3. The minimum absolute atomic E-state index is 0.0697. The Bertz CT molecular complexity index is 778. The molecule has 0 aliphatic heterocycles. The molecule has 0 spiro atoms. The Kier molecular flexibility index (Phi) is 5.96. The number of hydrogen-bond acceptors (Lipinski definition) is 3. The second-order valence-electron chi connectivity index (χ2n) is 6.74. The van der Waals surface area contributed by atoms with E-state index in [2.05, 4.69) is 24.3 Å². The molecule has 0 aliphatic rings. The van der Waals surface area contributed by atoms with Crippen LogP contribution >= 0.6 is 0 Å². The molecule has 6 heteroatoms. The lowest BCUT2D eigenvalue weighted by Gasteiger charge is -2.09. The van der Waals surface area contributed by atoms with Crippen molar-refractivity contribution in [2.24, 2.45) is 11.7 Å². The number of aromatic nitrogens is 2. The number of amides is 2. The Labute approximate surface area is 148 Å². The summed E-state index contributed by atoms with van der Waals surface area (Å²) in [5, 5.41) is 7.43. The van der Waals surface area contributed by atoms with Crippen LogP contribution in [0.1, 0.15) is 46.7 Å². The molecule has 134 valence electrons. The fourth-order valence-corrected chi connectivity index (χ4v) is 2.77. The zero-order valence-electron chi connectivity index (χ0n) is 15.3. The van der Waals surface area contributed by atoms with Gasteiger partial charge in [0.25, 0.3) is 0 Å². The van der Waals surface area contributed by atoms with Crippen LogP contribution in [0.25, 0.3) is 0 Å². The first-order valence-electron chi connectivity index (χ1n) is 8.46. The first kappa shape index (κ1) is 18.7. The van der Waals surface area contributed by atoms with E-state index in [1.54, 1.807) is 18.2 Å². The normalized spacial score (nSPS) is 10.9. The molecule has 2 rings (SSSR count). The summed E-state index contributed by atoms with van der Waals surface area (Å²) in [5.74, 6) is -0.0472. The van der Waals surface area contributed by atoms with Crippen LogP contribution in [-0.4, -0.2) is 21.6 Å². The Hall–Kier alpha value is -2.63. The zero-order chi connectivity index (χ0) is 18.6. The van der Waals surface area contributed by atoms with Gasteiger partial charge in [0, 0.05) is 29.9 Å². The maximum absolute atomic E-state index is 12.3. The minimum atomic E-state index is -0.475. The molecule has 0 saturated carbocycles. The number of carbonyl (C=O) groups excluding carboxylic acids is 2. The lowest BCUT2D eigenvalue weighted by atomic mass is 10.1. The summed E-state index contributed by atoms with van der Waals surface area (Å²) < 4.78 is 1.97. The summed E-state index contributed by atoms with van der Waals surface area (Å²) in [4.78, 5) is 23.5. The van der Waals surface area contributed by atoms with E-state index in [0.29, 0.717) is 24.4 Å². The Morgan fingerprint density at radius 3 is 2.64 bits per heavy atom. The van der Waals surface area contributed by atoms with Crippen LogP contribution in [-0.2, 0) is 24.3 Å². The van der Waals surface area contributed by atoms with Crippen molar-refractivity contribution in [2.45, 2.75) is 47.2 Å². The number of carbonyl (C=O) groups is 2. The fourth-order valence-electron chi connectivity index (χ4n) is 2.77. The van der Waals surface area contributed by atoms with Crippen molar-refractivity contribution in [1.82, 2.24) is 15.1 Å².